The Hall–Kier alpha value is -7.68. The highest BCUT2D eigenvalue weighted by Gasteiger charge is 2.25. The van der Waals surface area contributed by atoms with E-state index < -0.39 is 0 Å². The van der Waals surface area contributed by atoms with E-state index in [-0.39, 0.29) is 0 Å². The maximum Gasteiger partial charge on any atom is 0.0541 e. The lowest BCUT2D eigenvalue weighted by molar-refractivity contribution is 0.690. The van der Waals surface area contributed by atoms with E-state index in [4.69, 9.17) is 0 Å². The van der Waals surface area contributed by atoms with Crippen LogP contribution in [-0.4, -0.2) is 9.13 Å². The van der Waals surface area contributed by atoms with Crippen LogP contribution in [0.1, 0.15) is 18.2 Å². The van der Waals surface area contributed by atoms with Crippen molar-refractivity contribution in [1.82, 2.24) is 9.13 Å². The van der Waals surface area contributed by atoms with Crippen molar-refractivity contribution in [1.29, 1.82) is 0 Å². The predicted octanol–water partition coefficient (Wildman–Crippen LogP) is 15.8. The number of fused-ring (bicyclic) bond motifs is 7. The van der Waals surface area contributed by atoms with E-state index >= 15 is 0 Å². The number of rotatable bonds is 6. The van der Waals surface area contributed by atoms with Crippen LogP contribution in [0.25, 0.3) is 105 Å². The van der Waals surface area contributed by atoms with Gasteiger partial charge in [0.25, 0.3) is 0 Å². The van der Waals surface area contributed by atoms with Crippen LogP contribution in [0, 0.1) is 5.92 Å². The minimum absolute atomic E-state index is 0.495. The van der Waals surface area contributed by atoms with Crippen LogP contribution in [-0.2, 0) is 6.42 Å². The third kappa shape index (κ3) is 5.64. The van der Waals surface area contributed by atoms with E-state index in [0.29, 0.717) is 5.92 Å². The molecule has 1 atom stereocenters. The molecule has 0 amide bonds. The Bertz CT molecular complexity index is 3420. The maximum absolute atomic E-state index is 2.49. The Morgan fingerprint density at radius 3 is 1.21 bits per heavy atom. The van der Waals surface area contributed by atoms with Crippen LogP contribution < -0.4 is 0 Å². The molecule has 1 aliphatic rings. The summed E-state index contributed by atoms with van der Waals surface area (Å²) >= 11 is 0. The molecule has 61 heavy (non-hydrogen) atoms. The molecule has 0 spiro atoms. The molecule has 0 fully saturated rings. The van der Waals surface area contributed by atoms with Crippen molar-refractivity contribution in [3.05, 3.63) is 224 Å². The average Bonchev–Trinajstić information content (AvgIpc) is 3.84. The van der Waals surface area contributed by atoms with Crippen LogP contribution in [0.2, 0.25) is 0 Å². The summed E-state index contributed by atoms with van der Waals surface area (Å²) in [6.07, 6.45) is 5.71. The van der Waals surface area contributed by atoms with Crippen LogP contribution in [0.5, 0.6) is 0 Å². The largest absolute Gasteiger partial charge is 0.313 e. The second kappa shape index (κ2) is 14.3. The number of hydrogen-bond donors (Lipinski definition) is 0. The van der Waals surface area contributed by atoms with Gasteiger partial charge in [0.2, 0.25) is 0 Å². The van der Waals surface area contributed by atoms with Crippen LogP contribution in [0.4, 0.5) is 0 Å². The lowest BCUT2D eigenvalue weighted by Crippen LogP contribution is -2.08. The second-order valence-corrected chi connectivity index (χ2v) is 16.5. The van der Waals surface area contributed by atoms with Gasteiger partial charge >= 0.3 is 0 Å². The number of allylic oxidation sites excluding steroid dienone is 1. The van der Waals surface area contributed by atoms with E-state index in [1.54, 1.807) is 0 Å². The Kier molecular flexibility index (Phi) is 8.24. The fourth-order valence-corrected chi connectivity index (χ4v) is 10.2. The van der Waals surface area contributed by atoms with Crippen molar-refractivity contribution < 1.29 is 0 Å². The fraction of sp³-hybridized carbons (Fsp3) is 0.0508. The second-order valence-electron chi connectivity index (χ2n) is 16.5. The van der Waals surface area contributed by atoms with Crippen molar-refractivity contribution in [2.24, 2.45) is 5.92 Å². The first-order chi connectivity index (χ1) is 30.2. The van der Waals surface area contributed by atoms with Gasteiger partial charge in [0, 0.05) is 38.8 Å². The lowest BCUT2D eigenvalue weighted by atomic mass is 9.79. The van der Waals surface area contributed by atoms with Gasteiger partial charge in [-0.15, -0.1) is 0 Å². The van der Waals surface area contributed by atoms with E-state index in [0.717, 1.165) is 12.1 Å². The van der Waals surface area contributed by atoms with Gasteiger partial charge in [-0.1, -0.05) is 183 Å². The van der Waals surface area contributed by atoms with Crippen molar-refractivity contribution in [2.45, 2.75) is 13.3 Å². The SMILES string of the molecule is CC1C=Cc2c(n(-c3ccc(-c4c(-c5ccccc5)c(-c5ccccc5)c(-c5ccc(-n6c7ccccc7c7ccccc76)cc5)c5ccccc45)cc3)c3ccccc23)C1. The van der Waals surface area contributed by atoms with Crippen molar-refractivity contribution in [3.63, 3.8) is 0 Å². The van der Waals surface area contributed by atoms with Gasteiger partial charge in [-0.2, -0.15) is 0 Å². The zero-order valence-electron chi connectivity index (χ0n) is 34.0. The first-order valence-corrected chi connectivity index (χ1v) is 21.4. The third-order valence-corrected chi connectivity index (χ3v) is 12.9. The summed E-state index contributed by atoms with van der Waals surface area (Å²) in [5.41, 5.74) is 18.5. The minimum atomic E-state index is 0.495. The first-order valence-electron chi connectivity index (χ1n) is 21.4. The van der Waals surface area contributed by atoms with Gasteiger partial charge < -0.3 is 9.13 Å². The quantitative estimate of drug-likeness (QED) is 0.159. The molecule has 1 aliphatic carbocycles. The zero-order valence-corrected chi connectivity index (χ0v) is 34.0. The highest BCUT2D eigenvalue weighted by atomic mass is 15.0. The van der Waals surface area contributed by atoms with E-state index in [1.807, 2.05) is 0 Å². The smallest absolute Gasteiger partial charge is 0.0541 e. The van der Waals surface area contributed by atoms with Crippen LogP contribution >= 0.6 is 0 Å². The van der Waals surface area contributed by atoms with E-state index in [1.165, 1.54) is 105 Å². The van der Waals surface area contributed by atoms with E-state index in [9.17, 15) is 0 Å². The van der Waals surface area contributed by atoms with Gasteiger partial charge in [-0.25, -0.2) is 0 Å². The summed E-state index contributed by atoms with van der Waals surface area (Å²) in [5, 5.41) is 6.31. The van der Waals surface area contributed by atoms with Crippen molar-refractivity contribution in [2.75, 3.05) is 0 Å². The highest BCUT2D eigenvalue weighted by Crippen LogP contribution is 2.51. The number of para-hydroxylation sites is 3. The molecular weight excluding hydrogens is 737 g/mol. The normalized spacial score (nSPS) is 13.7. The molecule has 1 unspecified atom stereocenters. The fourth-order valence-electron chi connectivity index (χ4n) is 10.2. The molecular formula is C59H42N2. The summed E-state index contributed by atoms with van der Waals surface area (Å²) in [7, 11) is 0. The molecule has 0 saturated carbocycles. The Balaban J connectivity index is 1.10. The highest BCUT2D eigenvalue weighted by molar-refractivity contribution is 6.18. The molecule has 0 aliphatic heterocycles. The Morgan fingerprint density at radius 1 is 0.344 bits per heavy atom. The van der Waals surface area contributed by atoms with E-state index in [2.05, 4.69) is 234 Å². The first kappa shape index (κ1) is 35.3. The van der Waals surface area contributed by atoms with Gasteiger partial charge in [-0.05, 0) is 110 Å². The average molecular weight is 779 g/mol. The van der Waals surface area contributed by atoms with Crippen LogP contribution in [0.15, 0.2) is 212 Å². The monoisotopic (exact) mass is 778 g/mol. The van der Waals surface area contributed by atoms with Crippen molar-refractivity contribution >= 4 is 49.6 Å². The Labute approximate surface area is 355 Å². The molecule has 2 heterocycles. The molecule has 0 saturated heterocycles. The molecule has 288 valence electrons. The third-order valence-electron chi connectivity index (χ3n) is 12.9. The molecule has 0 N–H and O–H groups in total. The topological polar surface area (TPSA) is 9.86 Å². The summed E-state index contributed by atoms with van der Waals surface area (Å²) in [6, 6.07) is 76.0. The molecule has 0 radical (unpaired) electrons. The summed E-state index contributed by atoms with van der Waals surface area (Å²) in [6.45, 7) is 2.31. The molecule has 9 aromatic carbocycles. The summed E-state index contributed by atoms with van der Waals surface area (Å²) < 4.78 is 4.89. The molecule has 2 heteroatoms. The molecule has 2 aromatic heterocycles. The van der Waals surface area contributed by atoms with Crippen molar-refractivity contribution in [3.8, 4) is 55.9 Å². The number of benzene rings is 9. The number of aromatic nitrogens is 2. The van der Waals surface area contributed by atoms with Gasteiger partial charge in [0.15, 0.2) is 0 Å². The van der Waals surface area contributed by atoms with Gasteiger partial charge in [-0.3, -0.25) is 0 Å². The molecule has 12 rings (SSSR count). The summed E-state index contributed by atoms with van der Waals surface area (Å²) in [5.74, 6) is 0.495. The van der Waals surface area contributed by atoms with Gasteiger partial charge in [0.1, 0.15) is 0 Å². The zero-order chi connectivity index (χ0) is 40.4. The van der Waals surface area contributed by atoms with Gasteiger partial charge in [0.05, 0.1) is 16.6 Å². The number of hydrogen-bond acceptors (Lipinski definition) is 0. The molecule has 0 bridgehead atoms. The van der Waals surface area contributed by atoms with Crippen LogP contribution in [0.3, 0.4) is 0 Å². The molecule has 11 aromatic rings. The predicted molar refractivity (Wildman–Crippen MR) is 259 cm³/mol. The lowest BCUT2D eigenvalue weighted by Gasteiger charge is -2.24. The minimum Gasteiger partial charge on any atom is -0.313 e. The summed E-state index contributed by atoms with van der Waals surface area (Å²) in [4.78, 5) is 0. The Morgan fingerprint density at radius 2 is 0.721 bits per heavy atom. The number of nitrogens with zero attached hydrogens (tertiary/aromatic N) is 2. The standard InChI is InChI=1S/C59H42N2/c1-39-28-37-49-48-22-12-15-27-54(48)61(55(49)38-39)45-35-31-43(32-36-45)57-51-24-9-8-23-50(51)56(58(40-16-4-2-5-17-40)59(57)41-18-6-3-7-19-41)42-29-33-44(34-30-42)60-52-25-13-10-20-46(52)47-21-11-14-26-53(47)60/h2-37,39H,38H2,1H3. The molecule has 2 nitrogen and oxygen atoms in total. The maximum atomic E-state index is 2.49.